The molecule has 4 heterocycles. The number of amides is 1. The Labute approximate surface area is 170 Å². The maximum atomic E-state index is 12.9. The summed E-state index contributed by atoms with van der Waals surface area (Å²) in [5, 5.41) is 7.65. The van der Waals surface area contributed by atoms with Crippen LogP contribution in [0, 0.1) is 6.92 Å². The molecule has 0 saturated carbocycles. The summed E-state index contributed by atoms with van der Waals surface area (Å²) in [6, 6.07) is 11.4. The summed E-state index contributed by atoms with van der Waals surface area (Å²) in [7, 11) is 0. The van der Waals surface area contributed by atoms with Gasteiger partial charge in [-0.05, 0) is 55.3 Å². The van der Waals surface area contributed by atoms with Gasteiger partial charge in [-0.1, -0.05) is 5.16 Å². The number of carbonyl (C=O) groups excluding carboxylic acids is 1. The fourth-order valence-corrected chi connectivity index (χ4v) is 4.58. The molecular weight excluding hydrogens is 388 g/mol. The van der Waals surface area contributed by atoms with E-state index in [4.69, 9.17) is 9.26 Å². The minimum absolute atomic E-state index is 0.180. The number of thiophene rings is 1. The summed E-state index contributed by atoms with van der Waals surface area (Å²) in [4.78, 5) is 18.4. The normalized spacial score (nSPS) is 13.3. The standard InChI is InChI=1S/C21H18N4O3S/c1-13-22-20(28-24-13)18-16-8-11-27-12-17(16)29-21(18)23-19(26)14-4-6-15(7-5-14)25-9-2-3-10-25/h2-7,9-10H,8,11-12H2,1H3,(H,23,26). The second-order valence-electron chi connectivity index (χ2n) is 6.75. The summed E-state index contributed by atoms with van der Waals surface area (Å²) in [6.45, 7) is 2.94. The largest absolute Gasteiger partial charge is 0.376 e. The molecule has 0 fully saturated rings. The summed E-state index contributed by atoms with van der Waals surface area (Å²) in [5.41, 5.74) is 3.50. The van der Waals surface area contributed by atoms with Crippen LogP contribution in [0.4, 0.5) is 5.00 Å². The third-order valence-corrected chi connectivity index (χ3v) is 5.94. The minimum Gasteiger partial charge on any atom is -0.376 e. The molecule has 1 aromatic carbocycles. The van der Waals surface area contributed by atoms with Crippen molar-refractivity contribution in [1.82, 2.24) is 14.7 Å². The maximum absolute atomic E-state index is 12.9. The van der Waals surface area contributed by atoms with Crippen LogP contribution >= 0.6 is 11.3 Å². The Balaban J connectivity index is 1.45. The van der Waals surface area contributed by atoms with E-state index in [1.807, 2.05) is 53.4 Å². The predicted molar refractivity (Wildman–Crippen MR) is 109 cm³/mol. The zero-order chi connectivity index (χ0) is 19.8. The van der Waals surface area contributed by atoms with Crippen molar-refractivity contribution in [3.05, 3.63) is 70.6 Å². The summed E-state index contributed by atoms with van der Waals surface area (Å²) in [6.07, 6.45) is 4.68. The van der Waals surface area contributed by atoms with E-state index in [1.54, 1.807) is 6.92 Å². The molecule has 0 unspecified atom stereocenters. The number of rotatable bonds is 4. The average Bonchev–Trinajstić information content (AvgIpc) is 3.47. The van der Waals surface area contributed by atoms with Crippen LogP contribution < -0.4 is 5.32 Å². The summed E-state index contributed by atoms with van der Waals surface area (Å²) in [5.74, 6) is 0.811. The second-order valence-corrected chi connectivity index (χ2v) is 7.85. The van der Waals surface area contributed by atoms with Crippen LogP contribution in [-0.2, 0) is 17.8 Å². The topological polar surface area (TPSA) is 82.2 Å². The van der Waals surface area contributed by atoms with Gasteiger partial charge in [0.05, 0.1) is 18.8 Å². The van der Waals surface area contributed by atoms with Crippen LogP contribution in [0.2, 0.25) is 0 Å². The number of ether oxygens (including phenoxy) is 1. The molecule has 0 aliphatic carbocycles. The van der Waals surface area contributed by atoms with Gasteiger partial charge in [-0.3, -0.25) is 4.79 Å². The number of hydrogen-bond acceptors (Lipinski definition) is 6. The van der Waals surface area contributed by atoms with E-state index in [0.29, 0.717) is 35.5 Å². The molecule has 0 bridgehead atoms. The van der Waals surface area contributed by atoms with Crippen LogP contribution in [0.1, 0.15) is 26.6 Å². The number of aromatic nitrogens is 3. The van der Waals surface area contributed by atoms with E-state index in [2.05, 4.69) is 15.5 Å². The molecule has 1 N–H and O–H groups in total. The molecule has 5 rings (SSSR count). The molecule has 4 aromatic rings. The van der Waals surface area contributed by atoms with Gasteiger partial charge in [-0.2, -0.15) is 4.98 Å². The van der Waals surface area contributed by atoms with Crippen molar-refractivity contribution in [2.45, 2.75) is 20.0 Å². The van der Waals surface area contributed by atoms with Crippen LogP contribution in [-0.4, -0.2) is 27.2 Å². The molecule has 0 atom stereocenters. The Morgan fingerprint density at radius 3 is 2.72 bits per heavy atom. The lowest BCUT2D eigenvalue weighted by Crippen LogP contribution is -2.12. The molecule has 7 nitrogen and oxygen atoms in total. The molecule has 29 heavy (non-hydrogen) atoms. The van der Waals surface area contributed by atoms with Gasteiger partial charge in [-0.25, -0.2) is 0 Å². The van der Waals surface area contributed by atoms with E-state index in [1.165, 1.54) is 11.3 Å². The molecular formula is C21H18N4O3S. The predicted octanol–water partition coefficient (Wildman–Crippen LogP) is 4.22. The number of nitrogens with one attached hydrogen (secondary N) is 1. The lowest BCUT2D eigenvalue weighted by atomic mass is 10.1. The van der Waals surface area contributed by atoms with Gasteiger partial charge in [0.2, 0.25) is 0 Å². The first kappa shape index (κ1) is 17.8. The Hall–Kier alpha value is -3.23. The van der Waals surface area contributed by atoms with Gasteiger partial charge in [0.15, 0.2) is 5.82 Å². The SMILES string of the molecule is Cc1noc(-c2c(NC(=O)c3ccc(-n4cccc4)cc3)sc3c2CCOC3)n1. The highest BCUT2D eigenvalue weighted by Crippen LogP contribution is 2.42. The van der Waals surface area contributed by atoms with Crippen LogP contribution in [0.5, 0.6) is 0 Å². The van der Waals surface area contributed by atoms with Crippen molar-refractivity contribution in [2.24, 2.45) is 0 Å². The van der Waals surface area contributed by atoms with E-state index in [0.717, 1.165) is 28.1 Å². The van der Waals surface area contributed by atoms with Crippen LogP contribution in [0.25, 0.3) is 17.1 Å². The second kappa shape index (κ2) is 7.31. The Kier molecular flexibility index (Phi) is 4.49. The number of anilines is 1. The van der Waals surface area contributed by atoms with Crippen LogP contribution in [0.3, 0.4) is 0 Å². The van der Waals surface area contributed by atoms with E-state index >= 15 is 0 Å². The Morgan fingerprint density at radius 1 is 1.21 bits per heavy atom. The number of nitrogens with zero attached hydrogens (tertiary/aromatic N) is 3. The Bertz CT molecular complexity index is 1160. The highest BCUT2D eigenvalue weighted by molar-refractivity contribution is 7.17. The lowest BCUT2D eigenvalue weighted by Gasteiger charge is -2.12. The zero-order valence-corrected chi connectivity index (χ0v) is 16.5. The highest BCUT2D eigenvalue weighted by atomic mass is 32.1. The maximum Gasteiger partial charge on any atom is 0.261 e. The molecule has 146 valence electrons. The number of fused-ring (bicyclic) bond motifs is 1. The summed E-state index contributed by atoms with van der Waals surface area (Å²) >= 11 is 1.50. The number of carbonyl (C=O) groups is 1. The van der Waals surface area contributed by atoms with E-state index in [9.17, 15) is 4.79 Å². The highest BCUT2D eigenvalue weighted by Gasteiger charge is 2.27. The molecule has 0 saturated heterocycles. The Morgan fingerprint density at radius 2 is 2.00 bits per heavy atom. The van der Waals surface area contributed by atoms with Gasteiger partial charge in [0.1, 0.15) is 5.00 Å². The fraction of sp³-hybridized carbons (Fsp3) is 0.190. The van der Waals surface area contributed by atoms with Crippen molar-refractivity contribution in [1.29, 1.82) is 0 Å². The quantitative estimate of drug-likeness (QED) is 0.549. The van der Waals surface area contributed by atoms with Crippen molar-refractivity contribution >= 4 is 22.2 Å². The van der Waals surface area contributed by atoms with Crippen LogP contribution in [0.15, 0.2) is 53.3 Å². The lowest BCUT2D eigenvalue weighted by molar-refractivity contribution is 0.102. The third kappa shape index (κ3) is 3.37. The van der Waals surface area contributed by atoms with Gasteiger partial charge in [0.25, 0.3) is 11.8 Å². The molecule has 3 aromatic heterocycles. The fourth-order valence-electron chi connectivity index (χ4n) is 3.41. The molecule has 0 spiro atoms. The van der Waals surface area contributed by atoms with Crippen molar-refractivity contribution in [2.75, 3.05) is 11.9 Å². The van der Waals surface area contributed by atoms with Crippen molar-refractivity contribution in [3.8, 4) is 17.1 Å². The zero-order valence-electron chi connectivity index (χ0n) is 15.7. The molecule has 1 aliphatic rings. The molecule has 8 heteroatoms. The first-order chi connectivity index (χ1) is 14.2. The van der Waals surface area contributed by atoms with Gasteiger partial charge in [0, 0.05) is 28.5 Å². The minimum atomic E-state index is -0.180. The van der Waals surface area contributed by atoms with Gasteiger partial charge in [-0.15, -0.1) is 11.3 Å². The smallest absolute Gasteiger partial charge is 0.261 e. The monoisotopic (exact) mass is 406 g/mol. The van der Waals surface area contributed by atoms with E-state index < -0.39 is 0 Å². The average molecular weight is 406 g/mol. The number of benzene rings is 1. The molecule has 1 aliphatic heterocycles. The first-order valence-corrected chi connectivity index (χ1v) is 10.1. The van der Waals surface area contributed by atoms with Gasteiger partial charge < -0.3 is 19.1 Å². The van der Waals surface area contributed by atoms with Crippen molar-refractivity contribution < 1.29 is 14.1 Å². The third-order valence-electron chi connectivity index (χ3n) is 4.82. The van der Waals surface area contributed by atoms with Gasteiger partial charge >= 0.3 is 0 Å². The summed E-state index contributed by atoms with van der Waals surface area (Å²) < 4.78 is 13.0. The number of aryl methyl sites for hydroxylation is 1. The van der Waals surface area contributed by atoms with Crippen molar-refractivity contribution in [3.63, 3.8) is 0 Å². The molecule has 1 amide bonds. The first-order valence-electron chi connectivity index (χ1n) is 9.27. The molecule has 0 radical (unpaired) electrons. The van der Waals surface area contributed by atoms with E-state index in [-0.39, 0.29) is 5.91 Å². The number of hydrogen-bond donors (Lipinski definition) is 1.